The van der Waals surface area contributed by atoms with Gasteiger partial charge in [-0.05, 0) is 19.1 Å². The molecule has 0 aliphatic heterocycles. The first-order valence-corrected chi connectivity index (χ1v) is 4.98. The summed E-state index contributed by atoms with van der Waals surface area (Å²) in [5.74, 6) is -3.36. The Labute approximate surface area is 101 Å². The van der Waals surface area contributed by atoms with E-state index in [9.17, 15) is 18.4 Å². The molecule has 7 heteroatoms. The summed E-state index contributed by atoms with van der Waals surface area (Å²) in [4.78, 5) is 22.0. The Morgan fingerprint density at radius 1 is 1.39 bits per heavy atom. The number of nitrogens with one attached hydrogen (secondary N) is 1. The number of amides is 1. The molecule has 1 amide bonds. The minimum Gasteiger partial charge on any atom is -0.481 e. The third kappa shape index (κ3) is 4.00. The van der Waals surface area contributed by atoms with Gasteiger partial charge >= 0.3 is 12.6 Å². The van der Waals surface area contributed by atoms with E-state index in [1.165, 1.54) is 31.2 Å². The number of ether oxygens (including phenoxy) is 1. The van der Waals surface area contributed by atoms with Crippen LogP contribution >= 0.6 is 0 Å². The number of rotatable bonds is 5. The van der Waals surface area contributed by atoms with Crippen molar-refractivity contribution in [3.05, 3.63) is 24.3 Å². The van der Waals surface area contributed by atoms with Crippen molar-refractivity contribution in [3.63, 3.8) is 0 Å². The van der Waals surface area contributed by atoms with Gasteiger partial charge in [0.1, 0.15) is 11.7 Å². The van der Waals surface area contributed by atoms with E-state index in [1.807, 2.05) is 0 Å². The summed E-state index contributed by atoms with van der Waals surface area (Å²) in [6.07, 6.45) is 0. The van der Waals surface area contributed by atoms with E-state index in [0.29, 0.717) is 0 Å². The molecule has 2 N–H and O–H groups in total. The Morgan fingerprint density at radius 3 is 2.61 bits per heavy atom. The van der Waals surface area contributed by atoms with Crippen molar-refractivity contribution in [1.82, 2.24) is 0 Å². The predicted octanol–water partition coefficient (Wildman–Crippen LogP) is 1.95. The van der Waals surface area contributed by atoms with Crippen LogP contribution in [0, 0.1) is 5.92 Å². The number of carboxylic acids is 1. The molecule has 1 aromatic carbocycles. The van der Waals surface area contributed by atoms with E-state index in [1.54, 1.807) is 0 Å². The SMILES string of the molecule is CC(C(=O)O)C(=O)Nc1cccc(OC(F)F)c1. The Hall–Kier alpha value is -2.18. The van der Waals surface area contributed by atoms with Crippen LogP contribution in [0.25, 0.3) is 0 Å². The van der Waals surface area contributed by atoms with Gasteiger partial charge < -0.3 is 15.2 Å². The van der Waals surface area contributed by atoms with Crippen molar-refractivity contribution in [3.8, 4) is 5.75 Å². The molecule has 1 rings (SSSR count). The Balaban J connectivity index is 2.73. The molecular weight excluding hydrogens is 248 g/mol. The molecule has 0 aromatic heterocycles. The maximum atomic E-state index is 12.0. The number of anilines is 1. The molecule has 0 saturated heterocycles. The van der Waals surface area contributed by atoms with Crippen LogP contribution in [0.5, 0.6) is 5.75 Å². The van der Waals surface area contributed by atoms with Crippen molar-refractivity contribution in [2.75, 3.05) is 5.32 Å². The standard InChI is InChI=1S/C11H11F2NO4/c1-6(10(16)17)9(15)14-7-3-2-4-8(5-7)18-11(12)13/h2-6,11H,1H3,(H,14,15)(H,16,17). The lowest BCUT2D eigenvalue weighted by atomic mass is 10.1. The first kappa shape index (κ1) is 13.9. The van der Waals surface area contributed by atoms with Gasteiger partial charge in [0.05, 0.1) is 0 Å². The maximum absolute atomic E-state index is 12.0. The van der Waals surface area contributed by atoms with Gasteiger partial charge in [-0.15, -0.1) is 0 Å². The molecule has 18 heavy (non-hydrogen) atoms. The monoisotopic (exact) mass is 259 g/mol. The summed E-state index contributed by atoms with van der Waals surface area (Å²) in [5, 5.41) is 10.9. The summed E-state index contributed by atoms with van der Waals surface area (Å²) in [7, 11) is 0. The van der Waals surface area contributed by atoms with Crippen LogP contribution in [-0.2, 0) is 9.59 Å². The van der Waals surface area contributed by atoms with Crippen molar-refractivity contribution in [2.24, 2.45) is 5.92 Å². The average Bonchev–Trinajstić information content (AvgIpc) is 2.27. The molecule has 5 nitrogen and oxygen atoms in total. The van der Waals surface area contributed by atoms with Crippen LogP contribution < -0.4 is 10.1 Å². The zero-order valence-electron chi connectivity index (χ0n) is 9.39. The molecule has 0 saturated carbocycles. The molecule has 1 unspecified atom stereocenters. The molecule has 0 radical (unpaired) electrons. The second kappa shape index (κ2) is 5.95. The Morgan fingerprint density at radius 2 is 2.06 bits per heavy atom. The minimum absolute atomic E-state index is 0.120. The summed E-state index contributed by atoms with van der Waals surface area (Å²) in [6, 6.07) is 5.31. The van der Waals surface area contributed by atoms with Crippen LogP contribution in [-0.4, -0.2) is 23.6 Å². The van der Waals surface area contributed by atoms with Crippen molar-refractivity contribution < 1.29 is 28.2 Å². The predicted molar refractivity (Wildman–Crippen MR) is 58.5 cm³/mol. The second-order valence-corrected chi connectivity index (χ2v) is 3.46. The molecule has 0 fully saturated rings. The lowest BCUT2D eigenvalue weighted by molar-refractivity contribution is -0.144. The quantitative estimate of drug-likeness (QED) is 0.792. The first-order valence-electron chi connectivity index (χ1n) is 4.98. The zero-order chi connectivity index (χ0) is 13.7. The van der Waals surface area contributed by atoms with Gasteiger partial charge in [0.2, 0.25) is 5.91 Å². The highest BCUT2D eigenvalue weighted by Gasteiger charge is 2.20. The number of carbonyl (C=O) groups is 2. The third-order valence-corrected chi connectivity index (χ3v) is 2.09. The fourth-order valence-electron chi connectivity index (χ4n) is 1.11. The molecule has 0 aliphatic carbocycles. The smallest absolute Gasteiger partial charge is 0.387 e. The van der Waals surface area contributed by atoms with Crippen molar-refractivity contribution in [2.45, 2.75) is 13.5 Å². The number of hydrogen-bond acceptors (Lipinski definition) is 3. The van der Waals surface area contributed by atoms with Crippen LogP contribution in [0.3, 0.4) is 0 Å². The Kier molecular flexibility index (Phi) is 4.59. The van der Waals surface area contributed by atoms with Crippen LogP contribution in [0.1, 0.15) is 6.92 Å². The summed E-state index contributed by atoms with van der Waals surface area (Å²) in [5.41, 5.74) is 0.186. The largest absolute Gasteiger partial charge is 0.481 e. The van der Waals surface area contributed by atoms with Gasteiger partial charge in [-0.1, -0.05) is 6.07 Å². The number of aliphatic carboxylic acids is 1. The fourth-order valence-corrected chi connectivity index (χ4v) is 1.11. The van der Waals surface area contributed by atoms with Gasteiger partial charge in [-0.3, -0.25) is 9.59 Å². The van der Waals surface area contributed by atoms with Crippen LogP contribution in [0.2, 0.25) is 0 Å². The highest BCUT2D eigenvalue weighted by molar-refractivity contribution is 6.03. The molecule has 98 valence electrons. The fraction of sp³-hybridized carbons (Fsp3) is 0.273. The van der Waals surface area contributed by atoms with Gasteiger partial charge in [0.15, 0.2) is 0 Å². The molecule has 0 heterocycles. The first-order chi connectivity index (χ1) is 8.40. The van der Waals surface area contributed by atoms with E-state index < -0.39 is 24.4 Å². The number of benzene rings is 1. The number of carboxylic acid groups (broad SMARTS) is 1. The number of hydrogen-bond donors (Lipinski definition) is 2. The summed E-state index contributed by atoms with van der Waals surface area (Å²) < 4.78 is 28.1. The molecule has 0 aliphatic rings. The molecule has 1 atom stereocenters. The molecule has 0 spiro atoms. The van der Waals surface area contributed by atoms with E-state index in [4.69, 9.17) is 5.11 Å². The lowest BCUT2D eigenvalue weighted by Crippen LogP contribution is -2.26. The van der Waals surface area contributed by atoms with E-state index in [0.717, 1.165) is 0 Å². The normalized spacial score (nSPS) is 12.0. The molecular formula is C11H11F2NO4. The van der Waals surface area contributed by atoms with Crippen LogP contribution in [0.15, 0.2) is 24.3 Å². The zero-order valence-corrected chi connectivity index (χ0v) is 9.39. The number of halogens is 2. The van der Waals surface area contributed by atoms with E-state index >= 15 is 0 Å². The van der Waals surface area contributed by atoms with Gasteiger partial charge in [-0.2, -0.15) is 8.78 Å². The summed E-state index contributed by atoms with van der Waals surface area (Å²) >= 11 is 0. The topological polar surface area (TPSA) is 75.6 Å². The van der Waals surface area contributed by atoms with Crippen molar-refractivity contribution in [1.29, 1.82) is 0 Å². The lowest BCUT2D eigenvalue weighted by Gasteiger charge is -2.10. The minimum atomic E-state index is -2.96. The van der Waals surface area contributed by atoms with Crippen LogP contribution in [0.4, 0.5) is 14.5 Å². The van der Waals surface area contributed by atoms with Gasteiger partial charge in [0, 0.05) is 11.8 Å². The second-order valence-electron chi connectivity index (χ2n) is 3.46. The van der Waals surface area contributed by atoms with E-state index in [-0.39, 0.29) is 11.4 Å². The van der Waals surface area contributed by atoms with Gasteiger partial charge in [-0.25, -0.2) is 0 Å². The third-order valence-electron chi connectivity index (χ3n) is 2.09. The summed E-state index contributed by atoms with van der Waals surface area (Å²) in [6.45, 7) is -1.74. The van der Waals surface area contributed by atoms with Crippen molar-refractivity contribution >= 4 is 17.6 Å². The average molecular weight is 259 g/mol. The maximum Gasteiger partial charge on any atom is 0.387 e. The molecule has 0 bridgehead atoms. The highest BCUT2D eigenvalue weighted by Crippen LogP contribution is 2.19. The Bertz CT molecular complexity index is 450. The molecule has 1 aromatic rings. The van der Waals surface area contributed by atoms with E-state index in [2.05, 4.69) is 10.1 Å². The number of alkyl halides is 2. The highest BCUT2D eigenvalue weighted by atomic mass is 19.3. The van der Waals surface area contributed by atoms with Gasteiger partial charge in [0.25, 0.3) is 0 Å². The number of carbonyl (C=O) groups excluding carboxylic acids is 1.